The number of rotatable bonds is 4. The van der Waals surface area contributed by atoms with Crippen LogP contribution in [0.2, 0.25) is 0 Å². The first-order valence-electron chi connectivity index (χ1n) is 6.93. The third-order valence-electron chi connectivity index (χ3n) is 3.52. The van der Waals surface area contributed by atoms with Gasteiger partial charge in [-0.25, -0.2) is 0 Å². The summed E-state index contributed by atoms with van der Waals surface area (Å²) in [7, 11) is 0. The summed E-state index contributed by atoms with van der Waals surface area (Å²) in [6.45, 7) is 8.78. The molecule has 0 heterocycles. The Morgan fingerprint density at radius 1 is 1.24 bits per heavy atom. The average molecular weight is 240 g/mol. The van der Waals surface area contributed by atoms with Gasteiger partial charge < -0.3 is 10.6 Å². The van der Waals surface area contributed by atoms with Crippen LogP contribution >= 0.6 is 0 Å². The van der Waals surface area contributed by atoms with Gasteiger partial charge >= 0.3 is 0 Å². The van der Waals surface area contributed by atoms with Gasteiger partial charge in [0.25, 0.3) is 0 Å². The summed E-state index contributed by atoms with van der Waals surface area (Å²) >= 11 is 0. The highest BCUT2D eigenvalue weighted by Gasteiger charge is 2.21. The molecule has 0 aromatic rings. The van der Waals surface area contributed by atoms with Crippen molar-refractivity contribution in [3.05, 3.63) is 0 Å². The molecule has 100 valence electrons. The van der Waals surface area contributed by atoms with Gasteiger partial charge in [-0.2, -0.15) is 0 Å². The summed E-state index contributed by atoms with van der Waals surface area (Å²) in [4.78, 5) is 11.8. The molecule has 0 radical (unpaired) electrons. The number of hydrogen-bond acceptors (Lipinski definition) is 2. The van der Waals surface area contributed by atoms with Crippen LogP contribution in [0.3, 0.4) is 0 Å². The van der Waals surface area contributed by atoms with Gasteiger partial charge in [0.15, 0.2) is 0 Å². The van der Waals surface area contributed by atoms with E-state index in [9.17, 15) is 4.79 Å². The van der Waals surface area contributed by atoms with Crippen LogP contribution in [0.1, 0.15) is 59.8 Å². The predicted octanol–water partition coefficient (Wildman–Crippen LogP) is 2.46. The minimum Gasteiger partial charge on any atom is -0.352 e. The van der Waals surface area contributed by atoms with Crippen LogP contribution in [0.5, 0.6) is 0 Å². The lowest BCUT2D eigenvalue weighted by atomic mass is 9.84. The molecule has 0 aliphatic heterocycles. The van der Waals surface area contributed by atoms with E-state index in [-0.39, 0.29) is 11.4 Å². The smallest absolute Gasteiger partial charge is 0.234 e. The van der Waals surface area contributed by atoms with E-state index < -0.39 is 0 Å². The molecule has 3 heteroatoms. The average Bonchev–Trinajstić information content (AvgIpc) is 2.27. The summed E-state index contributed by atoms with van der Waals surface area (Å²) in [6.07, 6.45) is 6.56. The van der Waals surface area contributed by atoms with Gasteiger partial charge in [0.2, 0.25) is 5.91 Å². The van der Waals surface area contributed by atoms with Crippen LogP contribution in [0, 0.1) is 5.92 Å². The molecular formula is C14H28N2O. The Morgan fingerprint density at radius 3 is 2.35 bits per heavy atom. The van der Waals surface area contributed by atoms with Crippen molar-refractivity contribution >= 4 is 5.91 Å². The summed E-state index contributed by atoms with van der Waals surface area (Å²) in [5.41, 5.74) is 0.00537. The fourth-order valence-electron chi connectivity index (χ4n) is 2.40. The maximum Gasteiger partial charge on any atom is 0.234 e. The van der Waals surface area contributed by atoms with Crippen molar-refractivity contribution in [2.24, 2.45) is 5.92 Å². The lowest BCUT2D eigenvalue weighted by molar-refractivity contribution is -0.121. The molecule has 1 unspecified atom stereocenters. The van der Waals surface area contributed by atoms with Gasteiger partial charge in [-0.05, 0) is 46.5 Å². The predicted molar refractivity (Wildman–Crippen MR) is 71.9 cm³/mol. The van der Waals surface area contributed by atoms with E-state index in [1.54, 1.807) is 0 Å². The molecule has 1 aliphatic carbocycles. The van der Waals surface area contributed by atoms with Crippen LogP contribution in [0.25, 0.3) is 0 Å². The molecule has 3 nitrogen and oxygen atoms in total. The van der Waals surface area contributed by atoms with E-state index in [4.69, 9.17) is 0 Å². The highest BCUT2D eigenvalue weighted by Crippen LogP contribution is 2.26. The van der Waals surface area contributed by atoms with E-state index in [1.165, 1.54) is 32.1 Å². The van der Waals surface area contributed by atoms with E-state index in [1.807, 2.05) is 0 Å². The van der Waals surface area contributed by atoms with E-state index in [0.29, 0.717) is 18.5 Å². The number of hydrogen-bond donors (Lipinski definition) is 2. The molecule has 1 aliphatic rings. The third-order valence-corrected chi connectivity index (χ3v) is 3.52. The van der Waals surface area contributed by atoms with Crippen molar-refractivity contribution in [3.63, 3.8) is 0 Å². The number of nitrogens with one attached hydrogen (secondary N) is 2. The lowest BCUT2D eigenvalue weighted by Crippen LogP contribution is -2.47. The van der Waals surface area contributed by atoms with E-state index in [0.717, 1.165) is 0 Å². The molecule has 1 atom stereocenters. The fourth-order valence-corrected chi connectivity index (χ4v) is 2.40. The van der Waals surface area contributed by atoms with Crippen molar-refractivity contribution < 1.29 is 4.79 Å². The Balaban J connectivity index is 2.25. The Kier molecular flexibility index (Phi) is 5.44. The van der Waals surface area contributed by atoms with Gasteiger partial charge in [-0.15, -0.1) is 0 Å². The number of amides is 1. The summed E-state index contributed by atoms with van der Waals surface area (Å²) in [6, 6.07) is 0.324. The van der Waals surface area contributed by atoms with E-state index in [2.05, 4.69) is 38.3 Å². The maximum atomic E-state index is 11.8. The second-order valence-corrected chi connectivity index (χ2v) is 6.36. The van der Waals surface area contributed by atoms with Crippen molar-refractivity contribution in [3.8, 4) is 0 Å². The molecule has 1 rings (SSSR count). The highest BCUT2D eigenvalue weighted by atomic mass is 16.2. The van der Waals surface area contributed by atoms with Gasteiger partial charge in [-0.1, -0.05) is 19.3 Å². The molecular weight excluding hydrogens is 212 g/mol. The molecule has 0 aromatic carbocycles. The van der Waals surface area contributed by atoms with E-state index >= 15 is 0 Å². The first-order valence-corrected chi connectivity index (χ1v) is 6.93. The monoisotopic (exact) mass is 240 g/mol. The van der Waals surface area contributed by atoms with Gasteiger partial charge in [0.05, 0.1) is 6.54 Å². The van der Waals surface area contributed by atoms with Crippen molar-refractivity contribution in [2.45, 2.75) is 71.4 Å². The molecule has 1 fully saturated rings. The third kappa shape index (κ3) is 6.06. The Bertz CT molecular complexity index is 239. The minimum atomic E-state index is 0.00537. The van der Waals surface area contributed by atoms with Crippen LogP contribution in [-0.4, -0.2) is 24.0 Å². The van der Waals surface area contributed by atoms with Gasteiger partial charge in [0, 0.05) is 11.6 Å². The van der Waals surface area contributed by atoms with Gasteiger partial charge in [-0.3, -0.25) is 4.79 Å². The van der Waals surface area contributed by atoms with Crippen LogP contribution in [-0.2, 0) is 4.79 Å². The first-order chi connectivity index (χ1) is 7.88. The normalized spacial score (nSPS) is 20.0. The SMILES string of the molecule is CC(NC(=O)CNC(C)(C)C)C1CCCCC1. The van der Waals surface area contributed by atoms with Crippen LogP contribution in [0.4, 0.5) is 0 Å². The molecule has 0 bridgehead atoms. The zero-order valence-corrected chi connectivity index (χ0v) is 11.8. The van der Waals surface area contributed by atoms with Crippen LogP contribution in [0.15, 0.2) is 0 Å². The molecule has 0 aromatic heterocycles. The highest BCUT2D eigenvalue weighted by molar-refractivity contribution is 5.78. The topological polar surface area (TPSA) is 41.1 Å². The Morgan fingerprint density at radius 2 is 1.82 bits per heavy atom. The Labute approximate surface area is 106 Å². The quantitative estimate of drug-likeness (QED) is 0.792. The molecule has 1 saturated carbocycles. The lowest BCUT2D eigenvalue weighted by Gasteiger charge is -2.29. The first kappa shape index (κ1) is 14.5. The van der Waals surface area contributed by atoms with Crippen molar-refractivity contribution in [1.82, 2.24) is 10.6 Å². The second kappa shape index (κ2) is 6.39. The Hall–Kier alpha value is -0.570. The summed E-state index contributed by atoms with van der Waals surface area (Å²) < 4.78 is 0. The second-order valence-electron chi connectivity index (χ2n) is 6.36. The standard InChI is InChI=1S/C14H28N2O/c1-11(12-8-6-5-7-9-12)16-13(17)10-15-14(2,3)4/h11-12,15H,5-10H2,1-4H3,(H,16,17). The summed E-state index contributed by atoms with van der Waals surface area (Å²) in [5, 5.41) is 6.34. The molecule has 1 amide bonds. The van der Waals surface area contributed by atoms with Crippen molar-refractivity contribution in [2.75, 3.05) is 6.54 Å². The van der Waals surface area contributed by atoms with Crippen molar-refractivity contribution in [1.29, 1.82) is 0 Å². The number of carbonyl (C=O) groups excluding carboxylic acids is 1. The van der Waals surface area contributed by atoms with Gasteiger partial charge in [0.1, 0.15) is 0 Å². The summed E-state index contributed by atoms with van der Waals surface area (Å²) in [5.74, 6) is 0.806. The molecule has 2 N–H and O–H groups in total. The molecule has 0 saturated heterocycles. The fraction of sp³-hybridized carbons (Fsp3) is 0.929. The van der Waals surface area contributed by atoms with Crippen LogP contribution < -0.4 is 10.6 Å². The zero-order chi connectivity index (χ0) is 12.9. The maximum absolute atomic E-state index is 11.8. The number of carbonyl (C=O) groups is 1. The molecule has 0 spiro atoms. The zero-order valence-electron chi connectivity index (χ0n) is 11.8. The minimum absolute atomic E-state index is 0.00537. The largest absolute Gasteiger partial charge is 0.352 e. The molecule has 17 heavy (non-hydrogen) atoms.